The van der Waals surface area contributed by atoms with Crippen molar-refractivity contribution in [1.29, 1.82) is 0 Å². The molecule has 2 aromatic carbocycles. The fraction of sp³-hybridized carbons (Fsp3) is 0.190. The quantitative estimate of drug-likeness (QED) is 0.507. The zero-order valence-corrected chi connectivity index (χ0v) is 16.2. The number of anilines is 2. The minimum Gasteiger partial charge on any atom is -0.359 e. The van der Waals surface area contributed by atoms with Gasteiger partial charge in [0.05, 0.1) is 16.7 Å². The van der Waals surface area contributed by atoms with E-state index in [9.17, 15) is 9.18 Å². The van der Waals surface area contributed by atoms with E-state index in [1.54, 1.807) is 29.1 Å². The molecule has 2 heterocycles. The molecule has 7 nitrogen and oxygen atoms in total. The molecule has 4 rings (SSSR count). The number of aromatic nitrogens is 3. The summed E-state index contributed by atoms with van der Waals surface area (Å²) in [5.41, 5.74) is 2.00. The summed E-state index contributed by atoms with van der Waals surface area (Å²) in [4.78, 5) is 16.5. The van der Waals surface area contributed by atoms with Crippen molar-refractivity contribution in [2.75, 3.05) is 10.6 Å². The lowest BCUT2D eigenvalue weighted by Crippen LogP contribution is -2.19. The van der Waals surface area contributed by atoms with Crippen molar-refractivity contribution in [3.05, 3.63) is 66.4 Å². The van der Waals surface area contributed by atoms with Gasteiger partial charge in [-0.15, -0.1) is 0 Å². The second-order valence-electron chi connectivity index (χ2n) is 7.68. The molecule has 0 radical (unpaired) electrons. The van der Waals surface area contributed by atoms with Gasteiger partial charge in [-0.25, -0.2) is 14.2 Å². The number of amides is 2. The summed E-state index contributed by atoms with van der Waals surface area (Å²) in [5, 5.41) is 9.00. The van der Waals surface area contributed by atoms with E-state index >= 15 is 0 Å². The predicted molar refractivity (Wildman–Crippen MR) is 109 cm³/mol. The number of fused-ring (bicyclic) bond motifs is 1. The zero-order chi connectivity index (χ0) is 20.6. The minimum absolute atomic E-state index is 0.222. The molecule has 0 saturated heterocycles. The Morgan fingerprint density at radius 3 is 2.62 bits per heavy atom. The first kappa shape index (κ1) is 18.7. The molecular weight excluding hydrogens is 373 g/mol. The number of hydrogen-bond acceptors (Lipinski definition) is 4. The standard InChI is InChI=1S/C21H20FN5O2/c1-21(2,3)18-11-19(26-29-18)25-20(28)24-13-8-9-16(14(22)10-13)27-12-23-15-6-4-5-7-17(15)27/h4-12H,1-3H3,(H2,24,25,26,28). The Morgan fingerprint density at radius 1 is 1.10 bits per heavy atom. The molecule has 2 amide bonds. The molecule has 0 aliphatic rings. The number of hydrogen-bond donors (Lipinski definition) is 2. The van der Waals surface area contributed by atoms with E-state index in [1.807, 2.05) is 45.0 Å². The largest absolute Gasteiger partial charge is 0.359 e. The van der Waals surface area contributed by atoms with Gasteiger partial charge < -0.3 is 9.84 Å². The van der Waals surface area contributed by atoms with Crippen LogP contribution in [0.5, 0.6) is 0 Å². The van der Waals surface area contributed by atoms with Gasteiger partial charge in [-0.1, -0.05) is 38.1 Å². The molecule has 0 saturated carbocycles. The van der Waals surface area contributed by atoms with Gasteiger partial charge in [-0.3, -0.25) is 9.88 Å². The van der Waals surface area contributed by atoms with Crippen molar-refractivity contribution < 1.29 is 13.7 Å². The van der Waals surface area contributed by atoms with Gasteiger partial charge in [0.15, 0.2) is 5.82 Å². The normalized spacial score (nSPS) is 11.6. The number of nitrogens with one attached hydrogen (secondary N) is 2. The Balaban J connectivity index is 1.49. The average Bonchev–Trinajstić information content (AvgIpc) is 3.29. The van der Waals surface area contributed by atoms with E-state index in [1.165, 1.54) is 6.07 Å². The average molecular weight is 393 g/mol. The number of nitrogens with zero attached hydrogens (tertiary/aromatic N) is 3. The maximum atomic E-state index is 14.7. The number of rotatable bonds is 3. The van der Waals surface area contributed by atoms with Crippen molar-refractivity contribution in [2.45, 2.75) is 26.2 Å². The number of carbonyl (C=O) groups is 1. The maximum Gasteiger partial charge on any atom is 0.324 e. The molecule has 0 atom stereocenters. The van der Waals surface area contributed by atoms with Crippen LogP contribution in [0.25, 0.3) is 16.7 Å². The summed E-state index contributed by atoms with van der Waals surface area (Å²) in [6, 6.07) is 13.1. The smallest absolute Gasteiger partial charge is 0.324 e. The molecule has 2 N–H and O–H groups in total. The summed E-state index contributed by atoms with van der Waals surface area (Å²) >= 11 is 0. The topological polar surface area (TPSA) is 85.0 Å². The fourth-order valence-corrected chi connectivity index (χ4v) is 2.90. The summed E-state index contributed by atoms with van der Waals surface area (Å²) in [5.74, 6) is 0.451. The molecule has 148 valence electrons. The van der Waals surface area contributed by atoms with Crippen LogP contribution < -0.4 is 10.6 Å². The fourth-order valence-electron chi connectivity index (χ4n) is 2.90. The molecule has 0 aliphatic heterocycles. The number of halogens is 1. The molecule has 8 heteroatoms. The van der Waals surface area contributed by atoms with Crippen molar-refractivity contribution in [3.8, 4) is 5.69 Å². The lowest BCUT2D eigenvalue weighted by Gasteiger charge is -2.12. The first-order valence-electron chi connectivity index (χ1n) is 9.08. The van der Waals surface area contributed by atoms with Crippen LogP contribution in [0.2, 0.25) is 0 Å². The second-order valence-corrected chi connectivity index (χ2v) is 7.68. The molecule has 0 fully saturated rings. The van der Waals surface area contributed by atoms with E-state index in [0.717, 1.165) is 11.0 Å². The van der Waals surface area contributed by atoms with Crippen LogP contribution in [0.3, 0.4) is 0 Å². The van der Waals surface area contributed by atoms with Crippen molar-refractivity contribution in [2.24, 2.45) is 0 Å². The molecule has 29 heavy (non-hydrogen) atoms. The van der Waals surface area contributed by atoms with Crippen LogP contribution in [0, 0.1) is 5.82 Å². The molecular formula is C21H20FN5O2. The Hall–Kier alpha value is -3.68. The Morgan fingerprint density at radius 2 is 1.90 bits per heavy atom. The van der Waals surface area contributed by atoms with Gasteiger partial charge in [0.2, 0.25) is 0 Å². The SMILES string of the molecule is CC(C)(C)c1cc(NC(=O)Nc2ccc(-n3cnc4ccccc43)c(F)c2)no1. The Kier molecular flexibility index (Phi) is 4.54. The highest BCUT2D eigenvalue weighted by Crippen LogP contribution is 2.25. The number of urea groups is 1. The first-order chi connectivity index (χ1) is 13.8. The van der Waals surface area contributed by atoms with E-state index in [-0.39, 0.29) is 11.2 Å². The summed E-state index contributed by atoms with van der Waals surface area (Å²) in [6.07, 6.45) is 1.57. The summed E-state index contributed by atoms with van der Waals surface area (Å²) < 4.78 is 21.6. The Labute approximate surface area is 166 Å². The van der Waals surface area contributed by atoms with Crippen LogP contribution in [0.1, 0.15) is 26.5 Å². The first-order valence-corrected chi connectivity index (χ1v) is 9.08. The highest BCUT2D eigenvalue weighted by molar-refractivity contribution is 5.99. The lowest BCUT2D eigenvalue weighted by molar-refractivity contribution is 0.262. The van der Waals surface area contributed by atoms with Gasteiger partial charge >= 0.3 is 6.03 Å². The molecule has 2 aromatic heterocycles. The molecule has 0 aliphatic carbocycles. The number of carbonyl (C=O) groups excluding carboxylic acids is 1. The minimum atomic E-state index is -0.543. The third-order valence-electron chi connectivity index (χ3n) is 4.41. The van der Waals surface area contributed by atoms with E-state index < -0.39 is 11.8 Å². The number of imidazole rings is 1. The third kappa shape index (κ3) is 3.82. The van der Waals surface area contributed by atoms with E-state index in [0.29, 0.717) is 17.1 Å². The summed E-state index contributed by atoms with van der Waals surface area (Å²) in [6.45, 7) is 5.93. The number of para-hydroxylation sites is 2. The second kappa shape index (κ2) is 7.05. The third-order valence-corrected chi connectivity index (χ3v) is 4.41. The van der Waals surface area contributed by atoms with E-state index in [2.05, 4.69) is 20.8 Å². The van der Waals surface area contributed by atoms with E-state index in [4.69, 9.17) is 4.52 Å². The van der Waals surface area contributed by atoms with Crippen LogP contribution in [0.4, 0.5) is 20.7 Å². The van der Waals surface area contributed by atoms with Gasteiger partial charge in [0.25, 0.3) is 0 Å². The van der Waals surface area contributed by atoms with Crippen molar-refractivity contribution >= 4 is 28.6 Å². The molecule has 0 spiro atoms. The molecule has 0 bridgehead atoms. The highest BCUT2D eigenvalue weighted by atomic mass is 19.1. The van der Waals surface area contributed by atoms with Crippen LogP contribution >= 0.6 is 0 Å². The number of benzene rings is 2. The van der Waals surface area contributed by atoms with Crippen molar-refractivity contribution in [3.63, 3.8) is 0 Å². The molecule has 0 unspecified atom stereocenters. The van der Waals surface area contributed by atoms with Gasteiger partial charge in [0, 0.05) is 17.2 Å². The summed E-state index contributed by atoms with van der Waals surface area (Å²) in [7, 11) is 0. The van der Waals surface area contributed by atoms with Crippen molar-refractivity contribution in [1.82, 2.24) is 14.7 Å². The lowest BCUT2D eigenvalue weighted by atomic mass is 9.93. The highest BCUT2D eigenvalue weighted by Gasteiger charge is 2.20. The van der Waals surface area contributed by atoms with Crippen LogP contribution in [-0.4, -0.2) is 20.7 Å². The van der Waals surface area contributed by atoms with Gasteiger partial charge in [-0.05, 0) is 30.3 Å². The van der Waals surface area contributed by atoms with Crippen LogP contribution in [-0.2, 0) is 5.41 Å². The monoisotopic (exact) mass is 393 g/mol. The van der Waals surface area contributed by atoms with Gasteiger partial charge in [0.1, 0.15) is 17.9 Å². The van der Waals surface area contributed by atoms with Crippen LogP contribution in [0.15, 0.2) is 59.4 Å². The zero-order valence-electron chi connectivity index (χ0n) is 16.2. The molecule has 4 aromatic rings. The van der Waals surface area contributed by atoms with Gasteiger partial charge in [-0.2, -0.15) is 0 Å². The Bertz CT molecular complexity index is 1190. The predicted octanol–water partition coefficient (Wildman–Crippen LogP) is 5.09. The maximum absolute atomic E-state index is 14.7.